The lowest BCUT2D eigenvalue weighted by atomic mass is 9.97. The van der Waals surface area contributed by atoms with Gasteiger partial charge in [0.15, 0.2) is 6.61 Å². The Labute approximate surface area is 170 Å². The van der Waals surface area contributed by atoms with Gasteiger partial charge in [0.2, 0.25) is 0 Å². The van der Waals surface area contributed by atoms with E-state index >= 15 is 0 Å². The smallest absolute Gasteiger partial charge is 0.313 e. The Bertz CT molecular complexity index is 867. The van der Waals surface area contributed by atoms with Gasteiger partial charge < -0.3 is 14.8 Å². The maximum absolute atomic E-state index is 12.4. The monoisotopic (exact) mass is 401 g/mol. The Hall–Kier alpha value is -2.53. The van der Waals surface area contributed by atoms with Crippen LogP contribution in [0.3, 0.4) is 0 Å². The van der Waals surface area contributed by atoms with E-state index in [2.05, 4.69) is 19.2 Å². The second-order valence-electron chi connectivity index (χ2n) is 7.02. The number of halogens is 1. The molecule has 1 N–H and O–H groups in total. The molecule has 6 heteroatoms. The van der Waals surface area contributed by atoms with Gasteiger partial charge in [-0.3, -0.25) is 9.59 Å². The fourth-order valence-corrected chi connectivity index (χ4v) is 3.41. The number of hydrogen-bond acceptors (Lipinski definition) is 4. The molecule has 0 unspecified atom stereocenters. The van der Waals surface area contributed by atoms with Gasteiger partial charge in [0.25, 0.3) is 5.91 Å². The summed E-state index contributed by atoms with van der Waals surface area (Å²) in [5, 5.41) is 3.44. The molecule has 3 rings (SSSR count). The average Bonchev–Trinajstić information content (AvgIpc) is 2.71. The zero-order valence-corrected chi connectivity index (χ0v) is 16.8. The molecule has 2 aromatic rings. The van der Waals surface area contributed by atoms with Crippen LogP contribution in [0.25, 0.3) is 0 Å². The van der Waals surface area contributed by atoms with Gasteiger partial charge in [-0.05, 0) is 54.2 Å². The highest BCUT2D eigenvalue weighted by molar-refractivity contribution is 6.30. The van der Waals surface area contributed by atoms with Gasteiger partial charge in [0.05, 0.1) is 5.92 Å². The molecule has 2 aromatic carbocycles. The molecule has 0 bridgehead atoms. The van der Waals surface area contributed by atoms with Crippen molar-refractivity contribution in [1.82, 2.24) is 0 Å². The zero-order chi connectivity index (χ0) is 20.1. The number of benzene rings is 2. The Morgan fingerprint density at radius 1 is 1.29 bits per heavy atom. The molecule has 0 radical (unpaired) electrons. The fraction of sp³-hybridized carbons (Fsp3) is 0.364. The molecule has 1 heterocycles. The number of para-hydroxylation sites is 1. The maximum Gasteiger partial charge on any atom is 0.313 e. The van der Waals surface area contributed by atoms with Gasteiger partial charge in [0.1, 0.15) is 12.4 Å². The van der Waals surface area contributed by atoms with E-state index in [4.69, 9.17) is 21.1 Å². The van der Waals surface area contributed by atoms with Crippen LogP contribution in [0.1, 0.15) is 37.3 Å². The standard InChI is InChI=1S/C22H24ClNO4/c1-3-14(2)18-6-4-5-7-19(18)24-21(25)13-28-22(26)16-10-15-11-17(23)8-9-20(15)27-12-16/h4-9,11,14,16H,3,10,12-13H2,1-2H3,(H,24,25)/t14-,16-/m0/s1. The quantitative estimate of drug-likeness (QED) is 0.719. The van der Waals surface area contributed by atoms with Crippen molar-refractivity contribution in [3.63, 3.8) is 0 Å². The fourth-order valence-electron chi connectivity index (χ4n) is 3.22. The van der Waals surface area contributed by atoms with E-state index in [1.165, 1.54) is 0 Å². The van der Waals surface area contributed by atoms with Crippen LogP contribution >= 0.6 is 11.6 Å². The molecular weight excluding hydrogens is 378 g/mol. The highest BCUT2D eigenvalue weighted by Crippen LogP contribution is 2.30. The molecular formula is C22H24ClNO4. The van der Waals surface area contributed by atoms with Gasteiger partial charge in [-0.25, -0.2) is 0 Å². The van der Waals surface area contributed by atoms with E-state index in [0.717, 1.165) is 29.0 Å². The second kappa shape index (κ2) is 9.11. The van der Waals surface area contributed by atoms with E-state index in [0.29, 0.717) is 17.4 Å². The third-order valence-corrected chi connectivity index (χ3v) is 5.22. The third kappa shape index (κ3) is 4.84. The van der Waals surface area contributed by atoms with Crippen molar-refractivity contribution in [1.29, 1.82) is 0 Å². The predicted molar refractivity (Wildman–Crippen MR) is 109 cm³/mol. The Balaban J connectivity index is 1.55. The zero-order valence-electron chi connectivity index (χ0n) is 16.0. The molecule has 5 nitrogen and oxygen atoms in total. The molecule has 28 heavy (non-hydrogen) atoms. The summed E-state index contributed by atoms with van der Waals surface area (Å²) >= 11 is 6.00. The molecule has 0 saturated carbocycles. The minimum atomic E-state index is -0.453. The van der Waals surface area contributed by atoms with E-state index in [1.807, 2.05) is 24.3 Å². The molecule has 0 spiro atoms. The van der Waals surface area contributed by atoms with Crippen LogP contribution < -0.4 is 10.1 Å². The lowest BCUT2D eigenvalue weighted by molar-refractivity contribution is -0.152. The van der Waals surface area contributed by atoms with Crippen molar-refractivity contribution in [2.75, 3.05) is 18.5 Å². The lowest BCUT2D eigenvalue weighted by Crippen LogP contribution is -2.32. The van der Waals surface area contributed by atoms with Crippen molar-refractivity contribution < 1.29 is 19.1 Å². The van der Waals surface area contributed by atoms with E-state index in [1.54, 1.807) is 18.2 Å². The lowest BCUT2D eigenvalue weighted by Gasteiger charge is -2.24. The summed E-state index contributed by atoms with van der Waals surface area (Å²) in [7, 11) is 0. The molecule has 0 saturated heterocycles. The predicted octanol–water partition coefficient (Wildman–Crippen LogP) is 4.59. The summed E-state index contributed by atoms with van der Waals surface area (Å²) in [6.07, 6.45) is 1.45. The molecule has 148 valence electrons. The number of carbonyl (C=O) groups excluding carboxylic acids is 2. The molecule has 1 aliphatic rings. The van der Waals surface area contributed by atoms with Crippen LogP contribution in [0, 0.1) is 5.92 Å². The summed E-state index contributed by atoms with van der Waals surface area (Å²) < 4.78 is 10.8. The van der Waals surface area contributed by atoms with E-state index in [9.17, 15) is 9.59 Å². The number of hydrogen-bond donors (Lipinski definition) is 1. The number of carbonyl (C=O) groups is 2. The number of rotatable bonds is 6. The SMILES string of the molecule is CC[C@H](C)c1ccccc1NC(=O)COC(=O)[C@@H]1COc2ccc(Cl)cc2C1. The molecule has 1 amide bonds. The van der Waals surface area contributed by atoms with Gasteiger partial charge in [0, 0.05) is 10.7 Å². The first-order valence-corrected chi connectivity index (χ1v) is 9.82. The Morgan fingerprint density at radius 2 is 2.07 bits per heavy atom. The molecule has 0 aliphatic carbocycles. The number of ether oxygens (including phenoxy) is 2. The molecule has 1 aliphatic heterocycles. The number of esters is 1. The highest BCUT2D eigenvalue weighted by Gasteiger charge is 2.28. The molecule has 0 fully saturated rings. The van der Waals surface area contributed by atoms with Crippen LogP contribution in [0.15, 0.2) is 42.5 Å². The van der Waals surface area contributed by atoms with Gasteiger partial charge >= 0.3 is 5.97 Å². The minimum Gasteiger partial charge on any atom is -0.492 e. The van der Waals surface area contributed by atoms with Crippen molar-refractivity contribution in [3.05, 3.63) is 58.6 Å². The van der Waals surface area contributed by atoms with Crippen molar-refractivity contribution >= 4 is 29.2 Å². The number of nitrogens with one attached hydrogen (secondary N) is 1. The van der Waals surface area contributed by atoms with Crippen LogP contribution in [-0.4, -0.2) is 25.1 Å². The van der Waals surface area contributed by atoms with Gasteiger partial charge in [-0.2, -0.15) is 0 Å². The third-order valence-electron chi connectivity index (χ3n) is 4.99. The Kier molecular flexibility index (Phi) is 6.57. The summed E-state index contributed by atoms with van der Waals surface area (Å²) in [5.41, 5.74) is 2.69. The maximum atomic E-state index is 12.4. The molecule has 0 aromatic heterocycles. The number of fused-ring (bicyclic) bond motifs is 1. The summed E-state index contributed by atoms with van der Waals surface area (Å²) in [6, 6.07) is 13.0. The van der Waals surface area contributed by atoms with Crippen LogP contribution in [-0.2, 0) is 20.7 Å². The number of anilines is 1. The topological polar surface area (TPSA) is 64.6 Å². The van der Waals surface area contributed by atoms with E-state index in [-0.39, 0.29) is 19.1 Å². The van der Waals surface area contributed by atoms with Gasteiger partial charge in [-0.15, -0.1) is 0 Å². The summed E-state index contributed by atoms with van der Waals surface area (Å²) in [5.74, 6) is -0.204. The average molecular weight is 402 g/mol. The first kappa shape index (κ1) is 20.2. The summed E-state index contributed by atoms with van der Waals surface area (Å²) in [6.45, 7) is 4.11. The largest absolute Gasteiger partial charge is 0.492 e. The van der Waals surface area contributed by atoms with E-state index < -0.39 is 11.9 Å². The van der Waals surface area contributed by atoms with Crippen molar-refractivity contribution in [2.24, 2.45) is 5.92 Å². The molecule has 2 atom stereocenters. The van der Waals surface area contributed by atoms with Crippen molar-refractivity contribution in [2.45, 2.75) is 32.6 Å². The van der Waals surface area contributed by atoms with Crippen molar-refractivity contribution in [3.8, 4) is 5.75 Å². The van der Waals surface area contributed by atoms with Crippen LogP contribution in [0.2, 0.25) is 5.02 Å². The van der Waals surface area contributed by atoms with Crippen LogP contribution in [0.5, 0.6) is 5.75 Å². The highest BCUT2D eigenvalue weighted by atomic mass is 35.5. The minimum absolute atomic E-state index is 0.228. The first-order valence-electron chi connectivity index (χ1n) is 9.44. The Morgan fingerprint density at radius 3 is 2.86 bits per heavy atom. The second-order valence-corrected chi connectivity index (χ2v) is 7.45. The normalized spacial score (nSPS) is 16.5. The van der Waals surface area contributed by atoms with Gasteiger partial charge in [-0.1, -0.05) is 43.6 Å². The number of amides is 1. The first-order chi connectivity index (χ1) is 13.5. The summed E-state index contributed by atoms with van der Waals surface area (Å²) in [4.78, 5) is 24.6. The van der Waals surface area contributed by atoms with Crippen LogP contribution in [0.4, 0.5) is 5.69 Å².